The fraction of sp³-hybridized carbons (Fsp3) is 0.714. The van der Waals surface area contributed by atoms with Gasteiger partial charge in [0.2, 0.25) is 0 Å². The average Bonchev–Trinajstić information content (AvgIpc) is 2.80. The van der Waals surface area contributed by atoms with Crippen molar-refractivity contribution >= 4 is 11.3 Å². The van der Waals surface area contributed by atoms with Crippen LogP contribution < -0.4 is 5.73 Å². The van der Waals surface area contributed by atoms with Crippen molar-refractivity contribution < 1.29 is 0 Å². The molecule has 3 heteroatoms. The molecule has 1 aromatic rings. The highest BCUT2D eigenvalue weighted by Gasteiger charge is 2.23. The Morgan fingerprint density at radius 3 is 3.00 bits per heavy atom. The predicted octanol–water partition coefficient (Wildman–Crippen LogP) is 3.19. The topological polar surface area (TPSA) is 29.3 Å². The van der Waals surface area contributed by atoms with Gasteiger partial charge in [0.05, 0.1) is 0 Å². The Morgan fingerprint density at radius 1 is 1.35 bits per heavy atom. The summed E-state index contributed by atoms with van der Waals surface area (Å²) in [5.74, 6) is 0. The molecule has 0 fully saturated rings. The summed E-state index contributed by atoms with van der Waals surface area (Å²) < 4.78 is 0. The van der Waals surface area contributed by atoms with Crippen molar-refractivity contribution in [3.05, 3.63) is 21.9 Å². The van der Waals surface area contributed by atoms with Crippen LogP contribution in [0.4, 0.5) is 0 Å². The lowest BCUT2D eigenvalue weighted by atomic mass is 10.0. The minimum absolute atomic E-state index is 0.625. The van der Waals surface area contributed by atoms with Crippen LogP contribution in [0.2, 0.25) is 0 Å². The lowest BCUT2D eigenvalue weighted by Crippen LogP contribution is -2.33. The highest BCUT2D eigenvalue weighted by molar-refractivity contribution is 7.10. The molecule has 0 bridgehead atoms. The van der Waals surface area contributed by atoms with E-state index < -0.39 is 0 Å². The molecule has 0 aliphatic carbocycles. The van der Waals surface area contributed by atoms with Crippen molar-refractivity contribution in [3.8, 4) is 0 Å². The van der Waals surface area contributed by atoms with Crippen LogP contribution in [-0.4, -0.2) is 24.5 Å². The predicted molar refractivity (Wildman–Crippen MR) is 75.5 cm³/mol. The molecule has 1 atom stereocenters. The Balaban J connectivity index is 1.76. The van der Waals surface area contributed by atoms with E-state index in [4.69, 9.17) is 5.73 Å². The average molecular weight is 252 g/mol. The summed E-state index contributed by atoms with van der Waals surface area (Å²) in [4.78, 5) is 4.24. The van der Waals surface area contributed by atoms with Gasteiger partial charge in [-0.1, -0.05) is 12.8 Å². The molecule has 1 aromatic heterocycles. The highest BCUT2D eigenvalue weighted by atomic mass is 32.1. The quantitative estimate of drug-likeness (QED) is 0.788. The zero-order valence-corrected chi connectivity index (χ0v) is 11.6. The standard InChI is InChI=1S/C14H24N2S/c1-12-13-7-11-17-14(13)6-10-16(12)9-5-3-2-4-8-15/h7,11-12H,2-6,8-10,15H2,1H3. The molecule has 1 aliphatic heterocycles. The number of nitrogens with zero attached hydrogens (tertiary/aromatic N) is 1. The third kappa shape index (κ3) is 3.30. The fourth-order valence-electron chi connectivity index (χ4n) is 2.68. The van der Waals surface area contributed by atoms with Crippen LogP contribution in [0.5, 0.6) is 0 Å². The summed E-state index contributed by atoms with van der Waals surface area (Å²) in [6.07, 6.45) is 6.38. The second-order valence-electron chi connectivity index (χ2n) is 4.96. The summed E-state index contributed by atoms with van der Waals surface area (Å²) in [6, 6.07) is 2.94. The first-order valence-corrected chi connectivity index (χ1v) is 7.71. The molecule has 0 radical (unpaired) electrons. The molecular weight excluding hydrogens is 228 g/mol. The second kappa shape index (κ2) is 6.53. The molecule has 0 amide bonds. The Hall–Kier alpha value is -0.380. The van der Waals surface area contributed by atoms with Gasteiger partial charge in [-0.3, -0.25) is 4.90 Å². The lowest BCUT2D eigenvalue weighted by molar-refractivity contribution is 0.196. The number of rotatable bonds is 6. The number of fused-ring (bicyclic) bond motifs is 1. The van der Waals surface area contributed by atoms with Crippen LogP contribution in [0.25, 0.3) is 0 Å². The smallest absolute Gasteiger partial charge is 0.0331 e. The van der Waals surface area contributed by atoms with Crippen LogP contribution in [0.1, 0.15) is 49.1 Å². The first kappa shape index (κ1) is 13.1. The van der Waals surface area contributed by atoms with E-state index in [1.165, 1.54) is 45.2 Å². The maximum Gasteiger partial charge on any atom is 0.0331 e. The molecule has 0 saturated carbocycles. The van der Waals surface area contributed by atoms with Crippen molar-refractivity contribution in [1.82, 2.24) is 4.90 Å². The van der Waals surface area contributed by atoms with Gasteiger partial charge in [-0.2, -0.15) is 0 Å². The van der Waals surface area contributed by atoms with Gasteiger partial charge < -0.3 is 5.73 Å². The largest absolute Gasteiger partial charge is 0.330 e. The van der Waals surface area contributed by atoms with E-state index in [0.717, 1.165) is 6.54 Å². The zero-order valence-electron chi connectivity index (χ0n) is 10.8. The summed E-state index contributed by atoms with van der Waals surface area (Å²) in [5.41, 5.74) is 7.08. The van der Waals surface area contributed by atoms with E-state index in [-0.39, 0.29) is 0 Å². The minimum Gasteiger partial charge on any atom is -0.330 e. The van der Waals surface area contributed by atoms with E-state index in [1.807, 2.05) is 11.3 Å². The van der Waals surface area contributed by atoms with Crippen LogP contribution in [-0.2, 0) is 6.42 Å². The van der Waals surface area contributed by atoms with Crippen LogP contribution >= 0.6 is 11.3 Å². The molecule has 2 heterocycles. The molecule has 0 saturated heterocycles. The van der Waals surface area contributed by atoms with Gasteiger partial charge in [0.1, 0.15) is 0 Å². The van der Waals surface area contributed by atoms with Gasteiger partial charge in [0.25, 0.3) is 0 Å². The normalized spacial score (nSPS) is 20.5. The maximum atomic E-state index is 5.51. The van der Waals surface area contributed by atoms with E-state index in [0.29, 0.717) is 6.04 Å². The van der Waals surface area contributed by atoms with Crippen molar-refractivity contribution in [2.24, 2.45) is 5.73 Å². The number of hydrogen-bond donors (Lipinski definition) is 1. The van der Waals surface area contributed by atoms with Crippen molar-refractivity contribution in [1.29, 1.82) is 0 Å². The monoisotopic (exact) mass is 252 g/mol. The number of nitrogens with two attached hydrogens (primary N) is 1. The molecule has 2 rings (SSSR count). The first-order chi connectivity index (χ1) is 8.33. The van der Waals surface area contributed by atoms with Gasteiger partial charge in [0.15, 0.2) is 0 Å². The molecule has 1 unspecified atom stereocenters. The van der Waals surface area contributed by atoms with Crippen molar-refractivity contribution in [2.75, 3.05) is 19.6 Å². The van der Waals surface area contributed by atoms with Gasteiger partial charge in [-0.25, -0.2) is 0 Å². The number of hydrogen-bond acceptors (Lipinski definition) is 3. The molecule has 2 nitrogen and oxygen atoms in total. The highest BCUT2D eigenvalue weighted by Crippen LogP contribution is 2.32. The minimum atomic E-state index is 0.625. The SMILES string of the molecule is CC1c2ccsc2CCN1CCCCCCN. The Bertz CT molecular complexity index is 335. The first-order valence-electron chi connectivity index (χ1n) is 6.83. The van der Waals surface area contributed by atoms with Gasteiger partial charge >= 0.3 is 0 Å². The Morgan fingerprint density at radius 2 is 2.18 bits per heavy atom. The molecule has 1 aliphatic rings. The fourth-order valence-corrected chi connectivity index (χ4v) is 3.64. The zero-order chi connectivity index (χ0) is 12.1. The van der Waals surface area contributed by atoms with E-state index in [9.17, 15) is 0 Å². The van der Waals surface area contributed by atoms with Crippen LogP contribution in [0, 0.1) is 0 Å². The number of unbranched alkanes of at least 4 members (excludes halogenated alkanes) is 3. The molecular formula is C14H24N2S. The third-order valence-electron chi connectivity index (χ3n) is 3.80. The van der Waals surface area contributed by atoms with Crippen molar-refractivity contribution in [2.45, 2.75) is 45.1 Å². The van der Waals surface area contributed by atoms with Gasteiger partial charge in [-0.05, 0) is 56.3 Å². The molecule has 96 valence electrons. The van der Waals surface area contributed by atoms with Crippen LogP contribution in [0.3, 0.4) is 0 Å². The summed E-state index contributed by atoms with van der Waals surface area (Å²) in [7, 11) is 0. The van der Waals surface area contributed by atoms with Gasteiger partial charge in [-0.15, -0.1) is 11.3 Å². The molecule has 0 spiro atoms. The van der Waals surface area contributed by atoms with E-state index in [2.05, 4.69) is 23.3 Å². The number of thiophene rings is 1. The second-order valence-corrected chi connectivity index (χ2v) is 5.96. The molecule has 2 N–H and O–H groups in total. The summed E-state index contributed by atoms with van der Waals surface area (Å²) in [5, 5.41) is 2.24. The summed E-state index contributed by atoms with van der Waals surface area (Å²) in [6.45, 7) is 5.69. The lowest BCUT2D eigenvalue weighted by Gasteiger charge is -2.33. The third-order valence-corrected chi connectivity index (χ3v) is 4.80. The van der Waals surface area contributed by atoms with E-state index in [1.54, 1.807) is 10.4 Å². The maximum absolute atomic E-state index is 5.51. The molecule has 17 heavy (non-hydrogen) atoms. The Kier molecular flexibility index (Phi) is 5.01. The summed E-state index contributed by atoms with van der Waals surface area (Å²) >= 11 is 1.93. The van der Waals surface area contributed by atoms with Gasteiger partial charge in [0, 0.05) is 17.5 Å². The van der Waals surface area contributed by atoms with Crippen LogP contribution in [0.15, 0.2) is 11.4 Å². The Labute approximate surface area is 109 Å². The molecule has 0 aromatic carbocycles. The van der Waals surface area contributed by atoms with Crippen molar-refractivity contribution in [3.63, 3.8) is 0 Å². The van der Waals surface area contributed by atoms with E-state index >= 15 is 0 Å².